The average Bonchev–Trinajstić information content (AvgIpc) is 2.96. The first-order chi connectivity index (χ1) is 9.50. The largest absolute Gasteiger partial charge is 0.475 e. The van der Waals surface area contributed by atoms with Gasteiger partial charge in [-0.1, -0.05) is 17.3 Å². The van der Waals surface area contributed by atoms with Gasteiger partial charge in [0.1, 0.15) is 11.5 Å². The number of hydrogen-bond donors (Lipinski definition) is 1. The van der Waals surface area contributed by atoms with Crippen LogP contribution in [0.2, 0.25) is 0 Å². The molecular formula is C14H11FN2O3. The van der Waals surface area contributed by atoms with Crippen LogP contribution in [0.15, 0.2) is 28.8 Å². The first-order valence-electron chi connectivity index (χ1n) is 5.94. The molecule has 0 amide bonds. The highest BCUT2D eigenvalue weighted by molar-refractivity contribution is 5.98. The highest BCUT2D eigenvalue weighted by Gasteiger charge is 2.20. The topological polar surface area (TPSA) is 68.3 Å². The van der Waals surface area contributed by atoms with Gasteiger partial charge < -0.3 is 14.2 Å². The summed E-state index contributed by atoms with van der Waals surface area (Å²) in [6, 6.07) is 6.11. The summed E-state index contributed by atoms with van der Waals surface area (Å²) >= 11 is 0. The maximum Gasteiger partial charge on any atom is 0.374 e. The van der Waals surface area contributed by atoms with Crippen molar-refractivity contribution in [2.45, 2.75) is 6.92 Å². The fourth-order valence-corrected chi connectivity index (χ4v) is 2.41. The molecule has 1 N–H and O–H groups in total. The second-order valence-electron chi connectivity index (χ2n) is 4.54. The lowest BCUT2D eigenvalue weighted by Crippen LogP contribution is -1.92. The van der Waals surface area contributed by atoms with E-state index in [-0.39, 0.29) is 11.6 Å². The minimum absolute atomic E-state index is 0.243. The van der Waals surface area contributed by atoms with E-state index in [1.54, 1.807) is 23.7 Å². The number of rotatable bonds is 2. The van der Waals surface area contributed by atoms with Gasteiger partial charge in [-0.05, 0) is 13.0 Å². The maximum absolute atomic E-state index is 13.9. The molecular weight excluding hydrogens is 263 g/mol. The Morgan fingerprint density at radius 2 is 2.20 bits per heavy atom. The van der Waals surface area contributed by atoms with Crippen LogP contribution in [0.1, 0.15) is 16.2 Å². The van der Waals surface area contributed by atoms with Crippen LogP contribution in [0.3, 0.4) is 0 Å². The van der Waals surface area contributed by atoms with Gasteiger partial charge >= 0.3 is 5.97 Å². The number of hydrogen-bond acceptors (Lipinski definition) is 3. The van der Waals surface area contributed by atoms with Crippen molar-refractivity contribution in [2.24, 2.45) is 7.05 Å². The monoisotopic (exact) mass is 274 g/mol. The van der Waals surface area contributed by atoms with Gasteiger partial charge in [-0.2, -0.15) is 0 Å². The molecule has 0 saturated carbocycles. The number of aryl methyl sites for hydroxylation is 1. The highest BCUT2D eigenvalue weighted by Crippen LogP contribution is 2.34. The third kappa shape index (κ3) is 1.61. The van der Waals surface area contributed by atoms with Crippen LogP contribution in [0.4, 0.5) is 4.39 Å². The Balaban J connectivity index is 2.33. The number of fused-ring (bicyclic) bond motifs is 1. The van der Waals surface area contributed by atoms with E-state index in [1.165, 1.54) is 12.1 Å². The molecule has 1 aromatic carbocycles. The molecule has 0 fully saturated rings. The lowest BCUT2D eigenvalue weighted by molar-refractivity contribution is 0.0652. The first-order valence-corrected chi connectivity index (χ1v) is 5.94. The van der Waals surface area contributed by atoms with Crippen molar-refractivity contribution in [2.75, 3.05) is 0 Å². The van der Waals surface area contributed by atoms with Crippen LogP contribution in [0.5, 0.6) is 0 Å². The third-order valence-corrected chi connectivity index (χ3v) is 3.43. The fraction of sp³-hybridized carbons (Fsp3) is 0.143. The molecule has 6 heteroatoms. The smallest absolute Gasteiger partial charge is 0.374 e. The second kappa shape index (κ2) is 4.19. The molecule has 3 aromatic rings. The number of carboxylic acids is 1. The van der Waals surface area contributed by atoms with E-state index in [9.17, 15) is 9.18 Å². The van der Waals surface area contributed by atoms with Crippen molar-refractivity contribution in [3.63, 3.8) is 0 Å². The summed E-state index contributed by atoms with van der Waals surface area (Å²) in [7, 11) is 1.75. The Kier molecular flexibility index (Phi) is 2.60. The van der Waals surface area contributed by atoms with Gasteiger partial charge in [0, 0.05) is 29.8 Å². The molecule has 2 aromatic heterocycles. The van der Waals surface area contributed by atoms with Gasteiger partial charge in [0.15, 0.2) is 0 Å². The molecule has 0 saturated heterocycles. The quantitative estimate of drug-likeness (QED) is 0.780. The van der Waals surface area contributed by atoms with Crippen molar-refractivity contribution in [3.8, 4) is 11.3 Å². The van der Waals surface area contributed by atoms with Crippen molar-refractivity contribution in [1.29, 1.82) is 0 Å². The number of para-hydroxylation sites is 1. The Morgan fingerprint density at radius 1 is 1.45 bits per heavy atom. The van der Waals surface area contributed by atoms with E-state index < -0.39 is 5.97 Å². The predicted molar refractivity (Wildman–Crippen MR) is 70.1 cm³/mol. The summed E-state index contributed by atoms with van der Waals surface area (Å²) in [5.74, 6) is -1.76. The molecule has 0 spiro atoms. The summed E-state index contributed by atoms with van der Waals surface area (Å²) in [5.41, 5.74) is 2.31. The molecule has 0 aliphatic rings. The molecule has 5 nitrogen and oxygen atoms in total. The number of aromatic nitrogens is 2. The number of carbonyl (C=O) groups is 1. The van der Waals surface area contributed by atoms with E-state index in [2.05, 4.69) is 5.16 Å². The summed E-state index contributed by atoms with van der Waals surface area (Å²) in [4.78, 5) is 10.9. The standard InChI is InChI=1S/C14H11FN2O3/c1-7-12(10-6-11(14(18)19)20-16-10)8-4-3-5-9(15)13(8)17(7)2/h3-6H,1-2H3,(H,18,19). The normalized spacial score (nSPS) is 11.2. The van der Waals surface area contributed by atoms with Gasteiger partial charge in [0.2, 0.25) is 5.76 Å². The summed E-state index contributed by atoms with van der Waals surface area (Å²) < 4.78 is 20.4. The molecule has 0 bridgehead atoms. The molecule has 20 heavy (non-hydrogen) atoms. The summed E-state index contributed by atoms with van der Waals surface area (Å²) in [6.07, 6.45) is 0. The zero-order valence-corrected chi connectivity index (χ0v) is 10.8. The summed E-state index contributed by atoms with van der Waals surface area (Å²) in [5, 5.41) is 13.3. The van der Waals surface area contributed by atoms with Gasteiger partial charge in [-0.25, -0.2) is 9.18 Å². The van der Waals surface area contributed by atoms with Crippen LogP contribution in [-0.2, 0) is 7.05 Å². The van der Waals surface area contributed by atoms with Gasteiger partial charge in [-0.3, -0.25) is 0 Å². The molecule has 0 unspecified atom stereocenters. The van der Waals surface area contributed by atoms with E-state index in [4.69, 9.17) is 9.63 Å². The maximum atomic E-state index is 13.9. The van der Waals surface area contributed by atoms with Crippen molar-refractivity contribution >= 4 is 16.9 Å². The van der Waals surface area contributed by atoms with Crippen molar-refractivity contribution in [3.05, 3.63) is 41.5 Å². The molecule has 0 aliphatic heterocycles. The van der Waals surface area contributed by atoms with Gasteiger partial charge in [0.25, 0.3) is 0 Å². The Hall–Kier alpha value is -2.63. The van der Waals surface area contributed by atoms with Crippen LogP contribution in [0, 0.1) is 12.7 Å². The van der Waals surface area contributed by atoms with Crippen LogP contribution in [0.25, 0.3) is 22.2 Å². The number of aromatic carboxylic acids is 1. The summed E-state index contributed by atoms with van der Waals surface area (Å²) in [6.45, 7) is 1.82. The van der Waals surface area contributed by atoms with Crippen LogP contribution in [-0.4, -0.2) is 20.8 Å². The number of benzene rings is 1. The van der Waals surface area contributed by atoms with Crippen LogP contribution < -0.4 is 0 Å². The SMILES string of the molecule is Cc1c(-c2cc(C(=O)O)on2)c2cccc(F)c2n1C. The predicted octanol–water partition coefficient (Wildman–Crippen LogP) is 2.98. The Labute approximate surface area is 113 Å². The molecule has 0 radical (unpaired) electrons. The fourth-order valence-electron chi connectivity index (χ4n) is 2.41. The lowest BCUT2D eigenvalue weighted by Gasteiger charge is -1.99. The molecule has 2 heterocycles. The van der Waals surface area contributed by atoms with Gasteiger partial charge in [-0.15, -0.1) is 0 Å². The van der Waals surface area contributed by atoms with E-state index >= 15 is 0 Å². The van der Waals surface area contributed by atoms with Crippen LogP contribution >= 0.6 is 0 Å². The number of halogens is 1. The third-order valence-electron chi connectivity index (χ3n) is 3.43. The Morgan fingerprint density at radius 3 is 2.85 bits per heavy atom. The zero-order chi connectivity index (χ0) is 14.4. The van der Waals surface area contributed by atoms with Gasteiger partial charge in [0.05, 0.1) is 5.52 Å². The van der Waals surface area contributed by atoms with E-state index in [0.29, 0.717) is 22.2 Å². The molecule has 0 aliphatic carbocycles. The van der Waals surface area contributed by atoms with E-state index in [1.807, 2.05) is 6.92 Å². The van der Waals surface area contributed by atoms with Crippen molar-refractivity contribution in [1.82, 2.24) is 9.72 Å². The average molecular weight is 274 g/mol. The lowest BCUT2D eigenvalue weighted by atomic mass is 10.1. The molecule has 102 valence electrons. The Bertz CT molecular complexity index is 832. The molecule has 0 atom stereocenters. The zero-order valence-electron chi connectivity index (χ0n) is 10.8. The van der Waals surface area contributed by atoms with E-state index in [0.717, 1.165) is 5.69 Å². The minimum Gasteiger partial charge on any atom is -0.475 e. The minimum atomic E-state index is -1.19. The second-order valence-corrected chi connectivity index (χ2v) is 4.54. The number of carboxylic acid groups (broad SMARTS) is 1. The number of nitrogens with zero attached hydrogens (tertiary/aromatic N) is 2. The molecule has 3 rings (SSSR count). The van der Waals surface area contributed by atoms with Crippen molar-refractivity contribution < 1.29 is 18.8 Å². The highest BCUT2D eigenvalue weighted by atomic mass is 19.1. The first kappa shape index (κ1) is 12.4.